The summed E-state index contributed by atoms with van der Waals surface area (Å²) in [6, 6.07) is 70.9. The van der Waals surface area contributed by atoms with Crippen molar-refractivity contribution in [3.8, 4) is 45.3 Å². The van der Waals surface area contributed by atoms with Crippen LogP contribution in [0, 0.1) is 0 Å². The number of rotatable bonds is 3. The van der Waals surface area contributed by atoms with E-state index in [-0.39, 0.29) is 13.4 Å². The summed E-state index contributed by atoms with van der Waals surface area (Å²) in [5, 5.41) is 0. The van der Waals surface area contributed by atoms with Crippen molar-refractivity contribution in [2.75, 3.05) is 9.80 Å². The highest BCUT2D eigenvalue weighted by Crippen LogP contribution is 2.46. The number of nitrogens with zero attached hydrogens (tertiary/aromatic N) is 2. The fourth-order valence-corrected chi connectivity index (χ4v) is 11.0. The van der Waals surface area contributed by atoms with E-state index in [4.69, 9.17) is 9.47 Å². The smallest absolute Gasteiger partial charge is 0.260 e. The minimum atomic E-state index is 0.0637. The number of fused-ring (bicyclic) bond motifs is 11. The summed E-state index contributed by atoms with van der Waals surface area (Å²) in [4.78, 5) is 4.92. The average molecular weight is 777 g/mol. The first-order valence-electron chi connectivity index (χ1n) is 21.2. The van der Waals surface area contributed by atoms with Gasteiger partial charge in [-0.1, -0.05) is 121 Å². The van der Waals surface area contributed by atoms with E-state index in [1.807, 2.05) is 6.07 Å². The second-order valence-corrected chi connectivity index (χ2v) is 16.8. The van der Waals surface area contributed by atoms with Crippen molar-refractivity contribution < 1.29 is 9.47 Å². The monoisotopic (exact) mass is 776 g/mol. The van der Waals surface area contributed by atoms with E-state index in [0.717, 1.165) is 46.3 Å². The molecule has 61 heavy (non-hydrogen) atoms. The van der Waals surface area contributed by atoms with E-state index in [2.05, 4.69) is 198 Å². The highest BCUT2D eigenvalue weighted by molar-refractivity contribution is 7.00. The Hall–Kier alpha value is -7.69. The molecule has 5 aliphatic rings. The lowest BCUT2D eigenvalue weighted by atomic mass is 9.33. The molecule has 9 aromatic carbocycles. The highest BCUT2D eigenvalue weighted by Gasteiger charge is 2.43. The molecule has 0 atom stereocenters. The molecule has 6 heteroatoms. The summed E-state index contributed by atoms with van der Waals surface area (Å²) in [6.45, 7) is 0.179. The topological polar surface area (TPSA) is 24.9 Å². The maximum Gasteiger partial charge on any atom is 0.260 e. The van der Waals surface area contributed by atoms with E-state index >= 15 is 0 Å². The lowest BCUT2D eigenvalue weighted by Gasteiger charge is -2.44. The van der Waals surface area contributed by atoms with Crippen molar-refractivity contribution in [1.29, 1.82) is 0 Å². The second kappa shape index (κ2) is 12.4. The van der Waals surface area contributed by atoms with Crippen LogP contribution in [0.2, 0.25) is 0 Å². The molecular formula is C55H34B2N2O2. The third-order valence-corrected chi connectivity index (χ3v) is 13.6. The van der Waals surface area contributed by atoms with Crippen molar-refractivity contribution in [3.63, 3.8) is 0 Å². The Balaban J connectivity index is 0.861. The van der Waals surface area contributed by atoms with Crippen LogP contribution < -0.4 is 52.1 Å². The maximum atomic E-state index is 6.68. The van der Waals surface area contributed by atoms with Gasteiger partial charge in [-0.05, 0) is 140 Å². The lowest BCUT2D eigenvalue weighted by Crippen LogP contribution is -2.61. The Labute approximate surface area is 355 Å². The number of anilines is 6. The van der Waals surface area contributed by atoms with Crippen LogP contribution in [0.15, 0.2) is 194 Å². The average Bonchev–Trinajstić information content (AvgIpc) is 3.67. The highest BCUT2D eigenvalue weighted by atomic mass is 16.5. The van der Waals surface area contributed by atoms with E-state index in [9.17, 15) is 0 Å². The number of benzene rings is 9. The maximum absolute atomic E-state index is 6.68. The molecule has 1 aliphatic carbocycles. The first-order chi connectivity index (χ1) is 30.2. The molecule has 0 saturated heterocycles. The molecule has 0 spiro atoms. The molecule has 4 nitrogen and oxygen atoms in total. The largest absolute Gasteiger partial charge is 0.458 e. The Bertz CT molecular complexity index is 3350. The molecule has 0 saturated carbocycles. The minimum Gasteiger partial charge on any atom is -0.458 e. The Morgan fingerprint density at radius 1 is 0.344 bits per heavy atom. The molecule has 282 valence electrons. The van der Waals surface area contributed by atoms with Gasteiger partial charge in [-0.3, -0.25) is 0 Å². The summed E-state index contributed by atoms with van der Waals surface area (Å²) in [5.74, 6) is 3.60. The van der Waals surface area contributed by atoms with E-state index in [1.165, 1.54) is 83.4 Å². The summed E-state index contributed by atoms with van der Waals surface area (Å²) in [6.07, 6.45) is 0.876. The Morgan fingerprint density at radius 3 is 1.69 bits per heavy atom. The number of ether oxygens (including phenoxy) is 2. The number of hydrogen-bond acceptors (Lipinski definition) is 4. The third-order valence-electron chi connectivity index (χ3n) is 13.6. The molecule has 4 heterocycles. The van der Waals surface area contributed by atoms with Gasteiger partial charge in [0, 0.05) is 39.6 Å². The van der Waals surface area contributed by atoms with Crippen LogP contribution in [0.4, 0.5) is 34.1 Å². The lowest BCUT2D eigenvalue weighted by molar-refractivity contribution is 0.464. The molecule has 0 aromatic heterocycles. The molecule has 4 aliphatic heterocycles. The van der Waals surface area contributed by atoms with E-state index in [1.54, 1.807) is 0 Å². The van der Waals surface area contributed by atoms with Crippen LogP contribution in [0.5, 0.6) is 23.0 Å². The van der Waals surface area contributed by atoms with Crippen molar-refractivity contribution >= 4 is 80.3 Å². The Kier molecular flexibility index (Phi) is 6.75. The van der Waals surface area contributed by atoms with Crippen molar-refractivity contribution in [2.45, 2.75) is 6.42 Å². The molecular weight excluding hydrogens is 742 g/mol. The quantitative estimate of drug-likeness (QED) is 0.167. The Morgan fingerprint density at radius 2 is 0.902 bits per heavy atom. The van der Waals surface area contributed by atoms with Crippen LogP contribution in [-0.4, -0.2) is 13.4 Å². The van der Waals surface area contributed by atoms with Crippen LogP contribution in [0.3, 0.4) is 0 Å². The molecule has 0 amide bonds. The minimum absolute atomic E-state index is 0.0637. The van der Waals surface area contributed by atoms with Gasteiger partial charge < -0.3 is 19.3 Å². The zero-order chi connectivity index (χ0) is 39.8. The summed E-state index contributed by atoms with van der Waals surface area (Å²) in [7, 11) is 0. The summed E-state index contributed by atoms with van der Waals surface area (Å²) < 4.78 is 13.1. The molecule has 0 unspecified atom stereocenters. The van der Waals surface area contributed by atoms with Crippen LogP contribution in [0.1, 0.15) is 11.1 Å². The summed E-state index contributed by atoms with van der Waals surface area (Å²) in [5.41, 5.74) is 22.3. The van der Waals surface area contributed by atoms with Gasteiger partial charge in [-0.2, -0.15) is 0 Å². The normalized spacial score (nSPS) is 14.0. The van der Waals surface area contributed by atoms with Gasteiger partial charge in [0.25, 0.3) is 13.4 Å². The third kappa shape index (κ3) is 4.67. The van der Waals surface area contributed by atoms with Gasteiger partial charge in [-0.15, -0.1) is 0 Å². The molecule has 0 N–H and O–H groups in total. The van der Waals surface area contributed by atoms with Gasteiger partial charge in [-0.25, -0.2) is 0 Å². The number of para-hydroxylation sites is 4. The first-order valence-corrected chi connectivity index (χ1v) is 21.2. The van der Waals surface area contributed by atoms with Crippen molar-refractivity contribution in [2.24, 2.45) is 0 Å². The van der Waals surface area contributed by atoms with Gasteiger partial charge in [0.2, 0.25) is 0 Å². The van der Waals surface area contributed by atoms with Crippen LogP contribution >= 0.6 is 0 Å². The van der Waals surface area contributed by atoms with Crippen LogP contribution in [0.25, 0.3) is 22.3 Å². The second-order valence-electron chi connectivity index (χ2n) is 16.8. The van der Waals surface area contributed by atoms with E-state index < -0.39 is 0 Å². The van der Waals surface area contributed by atoms with Gasteiger partial charge in [0.15, 0.2) is 0 Å². The zero-order valence-corrected chi connectivity index (χ0v) is 33.0. The molecule has 0 fully saturated rings. The van der Waals surface area contributed by atoms with Gasteiger partial charge in [0.1, 0.15) is 23.0 Å². The fraction of sp³-hybridized carbons (Fsp3) is 0.0182. The molecule has 14 rings (SSSR count). The zero-order valence-electron chi connectivity index (χ0n) is 33.0. The molecule has 0 bridgehead atoms. The summed E-state index contributed by atoms with van der Waals surface area (Å²) >= 11 is 0. The number of hydrogen-bond donors (Lipinski definition) is 0. The van der Waals surface area contributed by atoms with Gasteiger partial charge >= 0.3 is 0 Å². The van der Waals surface area contributed by atoms with Crippen molar-refractivity contribution in [3.05, 3.63) is 205 Å². The molecule has 0 radical (unpaired) electrons. The molecule has 9 aromatic rings. The SMILES string of the molecule is c1ccc(N2c3ccccc3B3c4ccccc4N(c4cccc(-c5ccc6c(c5)Cc5cc7c(cc5-6)Oc5cccc6c5B7c5ccccc5O6)c4)c4cccc2c43)cc1. The van der Waals surface area contributed by atoms with Crippen molar-refractivity contribution in [1.82, 2.24) is 0 Å². The predicted octanol–water partition coefficient (Wildman–Crippen LogP) is 9.73. The fourth-order valence-electron chi connectivity index (χ4n) is 11.0. The van der Waals surface area contributed by atoms with Crippen LogP contribution in [-0.2, 0) is 6.42 Å². The van der Waals surface area contributed by atoms with E-state index in [0.29, 0.717) is 0 Å². The first kappa shape index (κ1) is 33.2. The standard InChI is InChI=1S/C55H34B2N2O2/c1-2-14-38(15-3-1)58-46-20-7-4-17-42(46)56-43-18-5-8-21-47(43)59(49-23-11-22-48(58)54(49)56)39-16-10-13-34(31-39)35-27-28-40-36(29-35)30-37-32-45-53(33-41(37)40)61-52-26-12-25-51-55(52)57(45)44-19-6-9-24-50(44)60-51/h1-29,31-33H,30H2. The predicted molar refractivity (Wildman–Crippen MR) is 252 cm³/mol. The van der Waals surface area contributed by atoms with Gasteiger partial charge in [0.05, 0.1) is 0 Å².